The number of halogens is 4. The highest BCUT2D eigenvalue weighted by molar-refractivity contribution is 6.32. The molecule has 0 saturated carbocycles. The lowest BCUT2D eigenvalue weighted by Crippen LogP contribution is -2.07. The molecular weight excluding hydrogens is 315 g/mol. The summed E-state index contributed by atoms with van der Waals surface area (Å²) in [6, 6.07) is 8.88. The molecule has 1 N–H and O–H groups in total. The molecule has 0 aliphatic rings. The average Bonchev–Trinajstić information content (AvgIpc) is 2.93. The molecule has 6 heteroatoms. The minimum Gasteiger partial charge on any atom is -0.353 e. The van der Waals surface area contributed by atoms with Gasteiger partial charge in [-0.2, -0.15) is 13.2 Å². The largest absolute Gasteiger partial charge is 0.416 e. The van der Waals surface area contributed by atoms with Gasteiger partial charge in [-0.1, -0.05) is 23.7 Å². The lowest BCUT2D eigenvalue weighted by molar-refractivity contribution is -0.137. The molecule has 0 spiro atoms. The number of alkyl halides is 3. The number of hydrogen-bond acceptors (Lipinski definition) is 1. The molecular formula is C16H8ClF3NO. The molecule has 2 nitrogen and oxygen atoms in total. The van der Waals surface area contributed by atoms with E-state index in [1.807, 2.05) is 0 Å². The Morgan fingerprint density at radius 1 is 1.14 bits per heavy atom. The average molecular weight is 323 g/mol. The Labute approximate surface area is 128 Å². The van der Waals surface area contributed by atoms with E-state index in [1.165, 1.54) is 6.07 Å². The summed E-state index contributed by atoms with van der Waals surface area (Å²) in [6.07, 6.45) is -1.68. The molecule has 0 aliphatic heterocycles. The van der Waals surface area contributed by atoms with Crippen molar-refractivity contribution in [1.29, 1.82) is 0 Å². The van der Waals surface area contributed by atoms with Crippen molar-refractivity contribution in [3.8, 4) is 0 Å². The first-order chi connectivity index (χ1) is 10.4. The van der Waals surface area contributed by atoms with Crippen molar-refractivity contribution < 1.29 is 18.0 Å². The van der Waals surface area contributed by atoms with Gasteiger partial charge in [-0.15, -0.1) is 0 Å². The molecule has 111 valence electrons. The quantitative estimate of drug-likeness (QED) is 0.671. The molecule has 0 bridgehead atoms. The normalized spacial score (nSPS) is 11.8. The summed E-state index contributed by atoms with van der Waals surface area (Å²) in [7, 11) is 0. The summed E-state index contributed by atoms with van der Waals surface area (Å²) in [5.41, 5.74) is 0.206. The van der Waals surface area contributed by atoms with Gasteiger partial charge in [0.2, 0.25) is 0 Å². The van der Waals surface area contributed by atoms with Gasteiger partial charge < -0.3 is 4.98 Å². The second-order valence-corrected chi connectivity index (χ2v) is 5.17. The predicted molar refractivity (Wildman–Crippen MR) is 77.0 cm³/mol. The summed E-state index contributed by atoms with van der Waals surface area (Å²) >= 11 is 5.97. The van der Waals surface area contributed by atoms with E-state index in [-0.39, 0.29) is 5.56 Å². The Morgan fingerprint density at radius 2 is 1.82 bits per heavy atom. The van der Waals surface area contributed by atoms with Crippen molar-refractivity contribution in [3.63, 3.8) is 0 Å². The molecule has 0 unspecified atom stereocenters. The van der Waals surface area contributed by atoms with Crippen molar-refractivity contribution in [2.75, 3.05) is 0 Å². The number of rotatable bonds is 2. The summed E-state index contributed by atoms with van der Waals surface area (Å²) in [6.45, 7) is 0. The monoisotopic (exact) mass is 322 g/mol. The number of benzene rings is 2. The van der Waals surface area contributed by atoms with E-state index in [2.05, 4.69) is 11.2 Å². The van der Waals surface area contributed by atoms with Gasteiger partial charge in [0.25, 0.3) is 0 Å². The summed E-state index contributed by atoms with van der Waals surface area (Å²) in [5, 5.41) is 1.08. The van der Waals surface area contributed by atoms with Crippen LogP contribution in [0.4, 0.5) is 13.2 Å². The van der Waals surface area contributed by atoms with Crippen LogP contribution in [0.25, 0.3) is 10.9 Å². The number of ketones is 1. The van der Waals surface area contributed by atoms with Gasteiger partial charge in [-0.25, -0.2) is 0 Å². The molecule has 0 saturated heterocycles. The number of hydrogen-bond donors (Lipinski definition) is 1. The minimum atomic E-state index is -4.43. The Balaban J connectivity index is 2.04. The summed E-state index contributed by atoms with van der Waals surface area (Å²) in [5.74, 6) is -0.405. The van der Waals surface area contributed by atoms with Gasteiger partial charge in [0.1, 0.15) is 0 Å². The van der Waals surface area contributed by atoms with Crippen molar-refractivity contribution in [2.45, 2.75) is 6.18 Å². The molecule has 0 amide bonds. The maximum atomic E-state index is 12.6. The van der Waals surface area contributed by atoms with Crippen molar-refractivity contribution in [1.82, 2.24) is 4.98 Å². The van der Waals surface area contributed by atoms with Crippen LogP contribution in [0.5, 0.6) is 0 Å². The van der Waals surface area contributed by atoms with Crippen molar-refractivity contribution in [3.05, 3.63) is 70.4 Å². The topological polar surface area (TPSA) is 32.9 Å². The number of aromatic amines is 1. The minimum absolute atomic E-state index is 0.158. The fourth-order valence-electron chi connectivity index (χ4n) is 2.21. The second-order valence-electron chi connectivity index (χ2n) is 4.74. The van der Waals surface area contributed by atoms with E-state index in [1.54, 1.807) is 12.1 Å². The molecule has 2 aromatic carbocycles. The van der Waals surface area contributed by atoms with E-state index < -0.39 is 17.5 Å². The predicted octanol–water partition coefficient (Wildman–Crippen LogP) is 4.87. The highest BCUT2D eigenvalue weighted by atomic mass is 35.5. The van der Waals surface area contributed by atoms with E-state index in [9.17, 15) is 18.0 Å². The Hall–Kier alpha value is -2.27. The SMILES string of the molecule is O=C(c1ccc(C(F)(F)F)cc1)c1cc(Cl)cc2c[c][nH]c12. The third kappa shape index (κ3) is 2.60. The zero-order chi connectivity index (χ0) is 15.9. The first-order valence-corrected chi connectivity index (χ1v) is 6.64. The molecule has 22 heavy (non-hydrogen) atoms. The van der Waals surface area contributed by atoms with Crippen LogP contribution in [0.3, 0.4) is 0 Å². The molecule has 3 aromatic rings. The van der Waals surface area contributed by atoms with E-state index >= 15 is 0 Å². The zero-order valence-corrected chi connectivity index (χ0v) is 11.7. The Morgan fingerprint density at radius 3 is 2.45 bits per heavy atom. The van der Waals surface area contributed by atoms with Crippen molar-refractivity contribution >= 4 is 28.3 Å². The first kappa shape index (κ1) is 14.7. The lowest BCUT2D eigenvalue weighted by atomic mass is 10.00. The van der Waals surface area contributed by atoms with Gasteiger partial charge in [0.15, 0.2) is 5.78 Å². The molecule has 0 fully saturated rings. The number of fused-ring (bicyclic) bond motifs is 1. The lowest BCUT2D eigenvalue weighted by Gasteiger charge is -2.08. The van der Waals surface area contributed by atoms with Gasteiger partial charge in [0.05, 0.1) is 17.3 Å². The van der Waals surface area contributed by atoms with Gasteiger partial charge in [-0.3, -0.25) is 4.79 Å². The molecule has 3 rings (SSSR count). The fraction of sp³-hybridized carbons (Fsp3) is 0.0625. The molecule has 0 aliphatic carbocycles. The maximum Gasteiger partial charge on any atom is 0.416 e. The number of carbonyl (C=O) groups is 1. The summed E-state index contributed by atoms with van der Waals surface area (Å²) < 4.78 is 37.7. The molecule has 0 atom stereocenters. The Kier molecular flexibility index (Phi) is 3.45. The molecule has 1 aromatic heterocycles. The smallest absolute Gasteiger partial charge is 0.353 e. The fourth-order valence-corrected chi connectivity index (χ4v) is 2.44. The maximum absolute atomic E-state index is 12.6. The van der Waals surface area contributed by atoms with Gasteiger partial charge in [-0.05, 0) is 30.3 Å². The van der Waals surface area contributed by atoms with Crippen LogP contribution in [0.1, 0.15) is 21.5 Å². The zero-order valence-electron chi connectivity index (χ0n) is 11.0. The summed E-state index contributed by atoms with van der Waals surface area (Å²) in [4.78, 5) is 15.3. The molecule has 1 heterocycles. The number of H-pyrrole nitrogens is 1. The number of aromatic nitrogens is 1. The van der Waals surface area contributed by atoms with Crippen LogP contribution in [-0.2, 0) is 6.18 Å². The van der Waals surface area contributed by atoms with Crippen LogP contribution < -0.4 is 0 Å². The van der Waals surface area contributed by atoms with E-state index in [4.69, 9.17) is 11.6 Å². The van der Waals surface area contributed by atoms with Gasteiger partial charge >= 0.3 is 6.18 Å². The van der Waals surface area contributed by atoms with Crippen LogP contribution in [0.15, 0.2) is 42.5 Å². The van der Waals surface area contributed by atoms with Crippen LogP contribution in [-0.4, -0.2) is 10.8 Å². The van der Waals surface area contributed by atoms with E-state index in [0.717, 1.165) is 24.3 Å². The van der Waals surface area contributed by atoms with Crippen LogP contribution in [0, 0.1) is 6.20 Å². The first-order valence-electron chi connectivity index (χ1n) is 6.26. The third-order valence-electron chi connectivity index (χ3n) is 3.28. The number of carbonyl (C=O) groups excluding carboxylic acids is 1. The van der Waals surface area contributed by atoms with Crippen LogP contribution in [0.2, 0.25) is 5.02 Å². The highest BCUT2D eigenvalue weighted by Crippen LogP contribution is 2.30. The third-order valence-corrected chi connectivity index (χ3v) is 3.50. The van der Waals surface area contributed by atoms with E-state index in [0.29, 0.717) is 21.5 Å². The number of nitrogens with one attached hydrogen (secondary N) is 1. The van der Waals surface area contributed by atoms with Crippen LogP contribution >= 0.6 is 11.6 Å². The Bertz CT molecular complexity index is 850. The van der Waals surface area contributed by atoms with Gasteiger partial charge in [0, 0.05) is 21.5 Å². The molecule has 1 radical (unpaired) electrons. The highest BCUT2D eigenvalue weighted by Gasteiger charge is 2.30. The standard InChI is InChI=1S/C16H8ClF3NO/c17-12-7-10-5-6-21-14(10)13(8-12)15(22)9-1-3-11(4-2-9)16(18,19)20/h1-5,7-8,21H. The second kappa shape index (κ2) is 5.18. The van der Waals surface area contributed by atoms with Crippen molar-refractivity contribution in [2.24, 2.45) is 0 Å².